The van der Waals surface area contributed by atoms with Gasteiger partial charge in [0.05, 0.1) is 11.0 Å². The van der Waals surface area contributed by atoms with Crippen LogP contribution in [0, 0.1) is 0 Å². The standard InChI is InChI=1S/C19H12N2O2/c22-18-14-9-16-15(20-6-7-21-16)8-13(14)12-5-4-10-2-1-3-11(10)17(12)19(18)23/h1-9,21-23H. The topological polar surface area (TPSA) is 69.1 Å². The molecule has 0 atom stereocenters. The van der Waals surface area contributed by atoms with Gasteiger partial charge in [0.15, 0.2) is 11.5 Å². The minimum Gasteiger partial charge on any atom is -0.504 e. The molecular formula is C19H12N2O2. The maximum absolute atomic E-state index is 10.6. The second-order valence-corrected chi connectivity index (χ2v) is 5.72. The van der Waals surface area contributed by atoms with Crippen LogP contribution in [0.1, 0.15) is 0 Å². The SMILES string of the molecule is Oc1c(O)c2c3cccc3ccc2c2cc3ncc[nH]c3cc12. The predicted octanol–water partition coefficient (Wildman–Crippen LogP) is 4.43. The highest BCUT2D eigenvalue weighted by molar-refractivity contribution is 6.23. The Labute approximate surface area is 130 Å². The van der Waals surface area contributed by atoms with Crippen molar-refractivity contribution < 1.29 is 10.2 Å². The Hall–Kier alpha value is -3.27. The zero-order valence-corrected chi connectivity index (χ0v) is 12.0. The molecule has 0 saturated heterocycles. The van der Waals surface area contributed by atoms with E-state index in [-0.39, 0.29) is 11.5 Å². The molecule has 0 bridgehead atoms. The summed E-state index contributed by atoms with van der Waals surface area (Å²) < 4.78 is 0. The first kappa shape index (κ1) is 12.3. The molecule has 0 radical (unpaired) electrons. The molecule has 5 rings (SSSR count). The molecule has 0 unspecified atom stereocenters. The Balaban J connectivity index is 2.12. The van der Waals surface area contributed by atoms with Crippen LogP contribution in [0.2, 0.25) is 0 Å². The molecule has 0 saturated carbocycles. The van der Waals surface area contributed by atoms with E-state index in [1.807, 2.05) is 42.5 Å². The van der Waals surface area contributed by atoms with Gasteiger partial charge >= 0.3 is 0 Å². The Morgan fingerprint density at radius 2 is 1.74 bits per heavy atom. The van der Waals surface area contributed by atoms with Crippen molar-refractivity contribution in [2.24, 2.45) is 0 Å². The number of H-pyrrole nitrogens is 1. The molecule has 0 aliphatic rings. The summed E-state index contributed by atoms with van der Waals surface area (Å²) in [5.74, 6) is -0.173. The molecule has 0 fully saturated rings. The highest BCUT2D eigenvalue weighted by Crippen LogP contribution is 2.45. The molecule has 1 aromatic heterocycles. The van der Waals surface area contributed by atoms with Crippen molar-refractivity contribution in [1.82, 2.24) is 9.97 Å². The number of aromatic hydroxyl groups is 2. The van der Waals surface area contributed by atoms with Crippen LogP contribution in [0.3, 0.4) is 0 Å². The van der Waals surface area contributed by atoms with E-state index in [2.05, 4.69) is 9.97 Å². The zero-order chi connectivity index (χ0) is 15.6. The van der Waals surface area contributed by atoms with Crippen LogP contribution >= 0.6 is 0 Å². The summed E-state index contributed by atoms with van der Waals surface area (Å²) in [6.45, 7) is 0. The van der Waals surface area contributed by atoms with Gasteiger partial charge in [-0.15, -0.1) is 0 Å². The van der Waals surface area contributed by atoms with Gasteiger partial charge in [0, 0.05) is 23.2 Å². The van der Waals surface area contributed by atoms with Crippen LogP contribution in [0.4, 0.5) is 0 Å². The minimum absolute atomic E-state index is 0.0764. The van der Waals surface area contributed by atoms with Crippen LogP contribution in [0.25, 0.3) is 43.4 Å². The lowest BCUT2D eigenvalue weighted by Gasteiger charge is -2.11. The zero-order valence-electron chi connectivity index (χ0n) is 12.0. The van der Waals surface area contributed by atoms with Gasteiger partial charge in [-0.1, -0.05) is 30.3 Å². The van der Waals surface area contributed by atoms with E-state index in [0.29, 0.717) is 10.8 Å². The summed E-state index contributed by atoms with van der Waals surface area (Å²) in [6.07, 6.45) is 3.44. The summed E-state index contributed by atoms with van der Waals surface area (Å²) in [4.78, 5) is 7.48. The second kappa shape index (κ2) is 4.14. The fourth-order valence-electron chi connectivity index (χ4n) is 3.41. The maximum Gasteiger partial charge on any atom is 0.166 e. The molecule has 110 valence electrons. The van der Waals surface area contributed by atoms with Crippen molar-refractivity contribution in [2.45, 2.75) is 0 Å². The number of rotatable bonds is 0. The molecule has 0 spiro atoms. The average molecular weight is 300 g/mol. The van der Waals surface area contributed by atoms with Gasteiger partial charge in [-0.25, -0.2) is 0 Å². The summed E-state index contributed by atoms with van der Waals surface area (Å²) in [5, 5.41) is 26.1. The van der Waals surface area contributed by atoms with Crippen LogP contribution in [0.5, 0.6) is 11.5 Å². The number of fused-ring (bicyclic) bond motifs is 6. The number of benzene rings is 3. The van der Waals surface area contributed by atoms with Gasteiger partial charge in [0.25, 0.3) is 0 Å². The normalized spacial score (nSPS) is 11.8. The van der Waals surface area contributed by atoms with E-state index in [1.165, 1.54) is 0 Å². The molecule has 5 aromatic rings. The van der Waals surface area contributed by atoms with Gasteiger partial charge in [-0.3, -0.25) is 4.98 Å². The Morgan fingerprint density at radius 1 is 0.826 bits per heavy atom. The van der Waals surface area contributed by atoms with Gasteiger partial charge in [0.2, 0.25) is 0 Å². The van der Waals surface area contributed by atoms with Crippen LogP contribution in [0.15, 0.2) is 54.9 Å². The highest BCUT2D eigenvalue weighted by atomic mass is 16.3. The third-order valence-electron chi connectivity index (χ3n) is 4.49. The monoisotopic (exact) mass is 300 g/mol. The number of aromatic amines is 1. The van der Waals surface area contributed by atoms with Crippen LogP contribution < -0.4 is 0 Å². The van der Waals surface area contributed by atoms with Crippen molar-refractivity contribution in [3.63, 3.8) is 0 Å². The van der Waals surface area contributed by atoms with Crippen LogP contribution in [-0.2, 0) is 0 Å². The van der Waals surface area contributed by atoms with Crippen molar-refractivity contribution in [3.05, 3.63) is 54.9 Å². The Morgan fingerprint density at radius 3 is 2.65 bits per heavy atom. The number of phenols is 2. The van der Waals surface area contributed by atoms with E-state index in [9.17, 15) is 10.2 Å². The third kappa shape index (κ3) is 1.52. The maximum atomic E-state index is 10.6. The van der Waals surface area contributed by atoms with Crippen molar-refractivity contribution in [2.75, 3.05) is 0 Å². The molecule has 4 nitrogen and oxygen atoms in total. The summed E-state index contributed by atoms with van der Waals surface area (Å²) >= 11 is 0. The number of nitrogens with zero attached hydrogens (tertiary/aromatic N) is 1. The van der Waals surface area contributed by atoms with Crippen molar-refractivity contribution in [3.8, 4) is 11.5 Å². The smallest absolute Gasteiger partial charge is 0.166 e. The molecule has 4 heteroatoms. The molecule has 0 amide bonds. The van der Waals surface area contributed by atoms with Gasteiger partial charge < -0.3 is 15.2 Å². The quantitative estimate of drug-likeness (QED) is 0.225. The van der Waals surface area contributed by atoms with E-state index in [4.69, 9.17) is 0 Å². The van der Waals surface area contributed by atoms with E-state index in [0.717, 1.165) is 32.6 Å². The van der Waals surface area contributed by atoms with Gasteiger partial charge in [0.1, 0.15) is 0 Å². The largest absolute Gasteiger partial charge is 0.504 e. The van der Waals surface area contributed by atoms with Gasteiger partial charge in [-0.2, -0.15) is 0 Å². The van der Waals surface area contributed by atoms with Crippen molar-refractivity contribution >= 4 is 43.4 Å². The number of hydrogen-bond acceptors (Lipinski definition) is 3. The Bertz CT molecular complexity index is 1240. The predicted molar refractivity (Wildman–Crippen MR) is 91.9 cm³/mol. The lowest BCUT2D eigenvalue weighted by molar-refractivity contribution is 0.413. The average Bonchev–Trinajstić information content (AvgIpc) is 3.06. The van der Waals surface area contributed by atoms with Gasteiger partial charge in [-0.05, 0) is 33.7 Å². The fourth-order valence-corrected chi connectivity index (χ4v) is 3.41. The number of aromatic nitrogens is 2. The Kier molecular flexibility index (Phi) is 2.21. The molecular weight excluding hydrogens is 288 g/mol. The van der Waals surface area contributed by atoms with Crippen molar-refractivity contribution in [1.29, 1.82) is 0 Å². The second-order valence-electron chi connectivity index (χ2n) is 5.72. The summed E-state index contributed by atoms with van der Waals surface area (Å²) in [7, 11) is 0. The summed E-state index contributed by atoms with van der Waals surface area (Å²) in [5.41, 5.74) is 1.62. The van der Waals surface area contributed by atoms with E-state index in [1.54, 1.807) is 12.4 Å². The van der Waals surface area contributed by atoms with E-state index >= 15 is 0 Å². The lowest BCUT2D eigenvalue weighted by atomic mass is 9.96. The number of nitrogens with one attached hydrogen (secondary N) is 1. The third-order valence-corrected chi connectivity index (χ3v) is 4.49. The molecule has 0 aliphatic heterocycles. The highest BCUT2D eigenvalue weighted by Gasteiger charge is 2.16. The first-order chi connectivity index (χ1) is 11.2. The molecule has 3 N–H and O–H groups in total. The first-order valence-corrected chi connectivity index (χ1v) is 7.36. The fraction of sp³-hybridized carbons (Fsp3) is 0. The molecule has 0 aliphatic carbocycles. The van der Waals surface area contributed by atoms with Crippen LogP contribution in [-0.4, -0.2) is 20.2 Å². The lowest BCUT2D eigenvalue weighted by Crippen LogP contribution is -1.86. The first-order valence-electron chi connectivity index (χ1n) is 7.36. The minimum atomic E-state index is -0.0969. The number of hydrogen-bond donors (Lipinski definition) is 3. The molecule has 4 aromatic carbocycles. The summed E-state index contributed by atoms with van der Waals surface area (Å²) in [6, 6.07) is 13.7. The number of phenolic OH excluding ortho intramolecular Hbond substituents is 2. The van der Waals surface area contributed by atoms with E-state index < -0.39 is 0 Å². The molecule has 23 heavy (non-hydrogen) atoms. The molecule has 1 heterocycles.